The number of methoxy groups -OCH3 is 1. The lowest BCUT2D eigenvalue weighted by atomic mass is 9.61. The van der Waals surface area contributed by atoms with E-state index in [9.17, 15) is 14.7 Å². The van der Waals surface area contributed by atoms with Gasteiger partial charge >= 0.3 is 0 Å². The Hall–Kier alpha value is -4.76. The number of aryl methyl sites for hydroxylation is 3. The Morgan fingerprint density at radius 2 is 1.73 bits per heavy atom. The van der Waals surface area contributed by atoms with E-state index in [1.807, 2.05) is 6.20 Å². The summed E-state index contributed by atoms with van der Waals surface area (Å²) >= 11 is 0. The highest BCUT2D eigenvalue weighted by Crippen LogP contribution is 2.45. The first-order valence-electron chi connectivity index (χ1n) is 22.1. The van der Waals surface area contributed by atoms with Crippen LogP contribution in [-0.4, -0.2) is 55.6 Å². The van der Waals surface area contributed by atoms with E-state index in [1.54, 1.807) is 18.2 Å². The summed E-state index contributed by atoms with van der Waals surface area (Å²) in [5, 5.41) is 21.5. The number of nitrogens with two attached hydrogens (primary N) is 1. The summed E-state index contributed by atoms with van der Waals surface area (Å²) in [4.78, 5) is 26.1. The van der Waals surface area contributed by atoms with Gasteiger partial charge in [0.1, 0.15) is 5.78 Å². The number of phenolic OH excluding ortho intramolecular Hbond substituents is 1. The molecule has 3 aliphatic heterocycles. The third kappa shape index (κ3) is 11.7. The van der Waals surface area contributed by atoms with Crippen molar-refractivity contribution in [3.05, 3.63) is 136 Å². The standard InChI is InChI=1S/C51H64N4O4/c1-59-49-30-38(21-22-45(57)32-44(56)15-6-3-7-16-47-46-23-25-53-33-43(46)27-40-14-9-24-54-51(40)47)41(29-48(49)58)28-42-34-55-50(52)31-39(42)20-19-37-13-8-12-36(26-37)18-17-35-10-4-2-5-11-35/h2,4-5,8-14,21-22,26,29-31,34,40,43,46-47,50-51,53-55,58H,3,6-7,15-20,23-25,27-28,32-33,52H2,1H3/b22-21+/t40-,43-,46+,47+,50?,51+/m0/s1. The van der Waals surface area contributed by atoms with Crippen LogP contribution in [0.4, 0.5) is 0 Å². The average Bonchev–Trinajstić information content (AvgIpc) is 3.25. The van der Waals surface area contributed by atoms with Gasteiger partial charge in [-0.3, -0.25) is 9.59 Å². The summed E-state index contributed by atoms with van der Waals surface area (Å²) in [5.74, 6) is 3.02. The van der Waals surface area contributed by atoms with E-state index in [0.29, 0.717) is 36.5 Å². The average molecular weight is 797 g/mol. The van der Waals surface area contributed by atoms with Crippen molar-refractivity contribution in [3.63, 3.8) is 0 Å². The number of nitrogens with one attached hydrogen (secondary N) is 3. The second-order valence-corrected chi connectivity index (χ2v) is 17.2. The van der Waals surface area contributed by atoms with E-state index in [0.717, 1.165) is 98.7 Å². The Morgan fingerprint density at radius 3 is 2.56 bits per heavy atom. The zero-order chi connectivity index (χ0) is 41.0. The van der Waals surface area contributed by atoms with Crippen molar-refractivity contribution in [2.45, 2.75) is 95.7 Å². The van der Waals surface area contributed by atoms with E-state index >= 15 is 0 Å². The van der Waals surface area contributed by atoms with Crippen LogP contribution in [0.3, 0.4) is 0 Å². The number of hydrogen-bond donors (Lipinski definition) is 5. The van der Waals surface area contributed by atoms with Crippen LogP contribution in [0.25, 0.3) is 6.08 Å². The molecule has 0 radical (unpaired) electrons. The highest BCUT2D eigenvalue weighted by Gasteiger charge is 2.44. The largest absolute Gasteiger partial charge is 0.504 e. The Kier molecular flexibility index (Phi) is 15.1. The molecular formula is C51H64N4O4. The Morgan fingerprint density at radius 1 is 0.932 bits per heavy atom. The first-order valence-corrected chi connectivity index (χ1v) is 22.1. The fourth-order valence-electron chi connectivity index (χ4n) is 10.1. The third-order valence-electron chi connectivity index (χ3n) is 13.2. The van der Waals surface area contributed by atoms with E-state index < -0.39 is 0 Å². The molecule has 0 aromatic heterocycles. The minimum Gasteiger partial charge on any atom is -0.504 e. The summed E-state index contributed by atoms with van der Waals surface area (Å²) in [6, 6.07) is 23.5. The monoisotopic (exact) mass is 796 g/mol. The lowest BCUT2D eigenvalue weighted by Gasteiger charge is -2.50. The molecule has 4 aliphatic rings. The molecule has 3 aromatic carbocycles. The second-order valence-electron chi connectivity index (χ2n) is 17.2. The van der Waals surface area contributed by atoms with Gasteiger partial charge in [-0.15, -0.1) is 0 Å². The molecule has 312 valence electrons. The van der Waals surface area contributed by atoms with Crippen molar-refractivity contribution < 1.29 is 19.4 Å². The molecule has 8 heteroatoms. The normalized spacial score (nSPS) is 23.8. The molecule has 6 N–H and O–H groups in total. The maximum absolute atomic E-state index is 13.1. The first-order chi connectivity index (χ1) is 28.8. The molecule has 0 amide bonds. The number of fused-ring (bicyclic) bond motifs is 2. The van der Waals surface area contributed by atoms with Crippen LogP contribution in [0.5, 0.6) is 11.5 Å². The van der Waals surface area contributed by atoms with Gasteiger partial charge in [-0.1, -0.05) is 85.7 Å². The van der Waals surface area contributed by atoms with Gasteiger partial charge in [0.2, 0.25) is 0 Å². The molecule has 3 aromatic rings. The number of allylic oxidation sites excluding steroid dienone is 3. The molecule has 1 unspecified atom stereocenters. The van der Waals surface area contributed by atoms with Gasteiger partial charge in [-0.25, -0.2) is 0 Å². The van der Waals surface area contributed by atoms with Gasteiger partial charge in [-0.2, -0.15) is 0 Å². The smallest absolute Gasteiger partial charge is 0.163 e. The van der Waals surface area contributed by atoms with Crippen LogP contribution < -0.4 is 26.4 Å². The van der Waals surface area contributed by atoms with Crippen molar-refractivity contribution in [2.24, 2.45) is 29.4 Å². The predicted octanol–water partition coefficient (Wildman–Crippen LogP) is 7.94. The maximum atomic E-state index is 13.1. The quantitative estimate of drug-likeness (QED) is 0.0359. The van der Waals surface area contributed by atoms with E-state index in [-0.39, 0.29) is 29.9 Å². The highest BCUT2D eigenvalue weighted by atomic mass is 16.5. The lowest BCUT2D eigenvalue weighted by Crippen LogP contribution is -2.55. The minimum atomic E-state index is -0.289. The lowest BCUT2D eigenvalue weighted by molar-refractivity contribution is -0.124. The number of carbonyl (C=O) groups excluding carboxylic acids is 2. The number of hydrogen-bond acceptors (Lipinski definition) is 8. The molecule has 0 bridgehead atoms. The molecule has 2 fully saturated rings. The summed E-state index contributed by atoms with van der Waals surface area (Å²) in [5.41, 5.74) is 14.1. The summed E-state index contributed by atoms with van der Waals surface area (Å²) in [7, 11) is 1.51. The van der Waals surface area contributed by atoms with Gasteiger partial charge in [0.25, 0.3) is 0 Å². The third-order valence-corrected chi connectivity index (χ3v) is 13.2. The number of ketones is 2. The zero-order valence-corrected chi connectivity index (χ0v) is 34.8. The number of ether oxygens (including phenoxy) is 1. The highest BCUT2D eigenvalue weighted by molar-refractivity contribution is 6.06. The Labute approximate surface area is 351 Å². The molecule has 8 nitrogen and oxygen atoms in total. The number of piperidine rings is 1. The predicted molar refractivity (Wildman–Crippen MR) is 238 cm³/mol. The summed E-state index contributed by atoms with van der Waals surface area (Å²) < 4.78 is 5.44. The van der Waals surface area contributed by atoms with Crippen LogP contribution in [0.15, 0.2) is 108 Å². The van der Waals surface area contributed by atoms with Gasteiger partial charge in [0.15, 0.2) is 17.3 Å². The summed E-state index contributed by atoms with van der Waals surface area (Å²) in [6.45, 7) is 3.24. The number of aromatic hydroxyl groups is 1. The van der Waals surface area contributed by atoms with Crippen molar-refractivity contribution in [3.8, 4) is 11.5 Å². The molecular weight excluding hydrogens is 733 g/mol. The van der Waals surface area contributed by atoms with Crippen LogP contribution in [0.1, 0.15) is 85.6 Å². The van der Waals surface area contributed by atoms with Crippen LogP contribution >= 0.6 is 0 Å². The molecule has 1 saturated heterocycles. The number of rotatable bonds is 19. The molecule has 7 rings (SSSR count). The minimum absolute atomic E-state index is 0.00956. The molecule has 1 saturated carbocycles. The molecule has 59 heavy (non-hydrogen) atoms. The van der Waals surface area contributed by atoms with Crippen LogP contribution in [0, 0.1) is 23.7 Å². The van der Waals surface area contributed by atoms with Crippen molar-refractivity contribution in [1.29, 1.82) is 0 Å². The van der Waals surface area contributed by atoms with Crippen LogP contribution in [-0.2, 0) is 35.3 Å². The Bertz CT molecular complexity index is 2020. The van der Waals surface area contributed by atoms with Crippen molar-refractivity contribution >= 4 is 17.6 Å². The number of dihydropyridines is 1. The van der Waals surface area contributed by atoms with Gasteiger partial charge in [0, 0.05) is 25.2 Å². The number of benzene rings is 3. The van der Waals surface area contributed by atoms with E-state index in [4.69, 9.17) is 10.5 Å². The fraction of sp³-hybridized carbons (Fsp3) is 0.451. The number of unbranched alkanes of at least 4 members (excludes halogenated alkanes) is 2. The number of Topliss-reactive ketones (excluding diaryl/α,β-unsaturated/α-hetero) is 1. The molecule has 6 atom stereocenters. The molecule has 0 spiro atoms. The SMILES string of the molecule is COc1cc(/C=C/C(=O)CC(=O)CCCCC[C@@H]2[C@@H]3CCNC[C@@H]3C[C@@H]3C=CCN[C@@H]23)c(CC2=CNC(N)C=C2CCc2cccc(CCc3ccccc3)c2)cc1O. The molecule has 3 heterocycles. The molecule has 1 aliphatic carbocycles. The van der Waals surface area contributed by atoms with Gasteiger partial charge < -0.3 is 31.5 Å². The van der Waals surface area contributed by atoms with Gasteiger partial charge in [-0.05, 0) is 158 Å². The van der Waals surface area contributed by atoms with E-state index in [1.165, 1.54) is 49.1 Å². The summed E-state index contributed by atoms with van der Waals surface area (Å²) in [6.07, 6.45) is 23.0. The van der Waals surface area contributed by atoms with Crippen molar-refractivity contribution in [1.82, 2.24) is 16.0 Å². The second kappa shape index (κ2) is 21.0. The topological polar surface area (TPSA) is 126 Å². The first kappa shape index (κ1) is 42.4. The van der Waals surface area contributed by atoms with Crippen molar-refractivity contribution in [2.75, 3.05) is 26.7 Å². The number of phenols is 1. The Balaban J connectivity index is 0.911. The van der Waals surface area contributed by atoms with E-state index in [2.05, 4.69) is 88.8 Å². The number of carbonyl (C=O) groups is 2. The maximum Gasteiger partial charge on any atom is 0.163 e. The van der Waals surface area contributed by atoms with Crippen LogP contribution in [0.2, 0.25) is 0 Å². The zero-order valence-electron chi connectivity index (χ0n) is 34.8. The van der Waals surface area contributed by atoms with Gasteiger partial charge in [0.05, 0.1) is 19.7 Å². The fourth-order valence-corrected chi connectivity index (χ4v) is 10.1.